The van der Waals surface area contributed by atoms with Gasteiger partial charge < -0.3 is 24.6 Å². The Bertz CT molecular complexity index is 1220. The highest BCUT2D eigenvalue weighted by atomic mass is 19.4. The largest absolute Gasteiger partial charge is 0.464 e. The normalized spacial score (nSPS) is 23.0. The summed E-state index contributed by atoms with van der Waals surface area (Å²) in [4.78, 5) is 51.8. The third kappa shape index (κ3) is 13.4. The van der Waals surface area contributed by atoms with E-state index in [9.17, 15) is 63.8 Å². The number of ether oxygens (including phenoxy) is 3. The molecule has 9 nitrogen and oxygen atoms in total. The topological polar surface area (TPSA) is 128 Å². The fraction of sp³-hybridized carbons (Fsp3) is 0.879. The molecule has 2 N–H and O–H groups in total. The number of aliphatic hydroxyl groups is 1. The molecule has 0 aromatic rings. The fourth-order valence-electron chi connectivity index (χ4n) is 5.66. The van der Waals surface area contributed by atoms with Gasteiger partial charge in [0, 0.05) is 11.5 Å². The van der Waals surface area contributed by atoms with Gasteiger partial charge in [0.25, 0.3) is 0 Å². The lowest BCUT2D eigenvalue weighted by Gasteiger charge is -2.37. The van der Waals surface area contributed by atoms with Crippen LogP contribution in [0.4, 0.5) is 39.5 Å². The minimum atomic E-state index is -4.95. The molecule has 0 heterocycles. The molecule has 7 atom stereocenters. The number of Topliss-reactive ketones (excluding diaryl/α,β-unsaturated/α-hetero) is 1. The van der Waals surface area contributed by atoms with Gasteiger partial charge in [0.15, 0.2) is 18.0 Å². The maximum absolute atomic E-state index is 13.8. The van der Waals surface area contributed by atoms with Crippen LogP contribution in [0.1, 0.15) is 100 Å². The van der Waals surface area contributed by atoms with E-state index in [1.807, 2.05) is 0 Å². The van der Waals surface area contributed by atoms with Gasteiger partial charge in [-0.2, -0.15) is 39.5 Å². The zero-order chi connectivity index (χ0) is 40.0. The molecule has 51 heavy (non-hydrogen) atoms. The fourth-order valence-corrected chi connectivity index (χ4v) is 5.66. The van der Waals surface area contributed by atoms with Crippen LogP contribution in [0.3, 0.4) is 0 Å². The zero-order valence-corrected chi connectivity index (χ0v) is 30.1. The number of carbonyl (C=O) groups excluding carboxylic acids is 4. The predicted octanol–water partition coefficient (Wildman–Crippen LogP) is 7.03. The Balaban J connectivity index is 3.28. The molecule has 1 aliphatic carbocycles. The van der Waals surface area contributed by atoms with Gasteiger partial charge in [-0.25, -0.2) is 0 Å². The molecule has 0 aromatic carbocycles. The summed E-state index contributed by atoms with van der Waals surface area (Å²) in [7, 11) is 0. The SMILES string of the molecule is CCC1(OC(=O)C(C)(CC)CC(CC(C)C(=O)OCC(=O)C(C)C(F)(F)F)C(=O)OCC(C)(C)NCC(F)(F)F)CCC(C(C)(O)C(F)(F)F)C1. The second-order valence-electron chi connectivity index (χ2n) is 14.8. The van der Waals surface area contributed by atoms with Crippen LogP contribution in [0, 0.1) is 29.1 Å². The molecular weight excluding hydrogens is 709 g/mol. The molecule has 1 rings (SSSR count). The molecule has 298 valence electrons. The van der Waals surface area contributed by atoms with E-state index in [-0.39, 0.29) is 38.5 Å². The summed E-state index contributed by atoms with van der Waals surface area (Å²) >= 11 is 0. The molecule has 7 unspecified atom stereocenters. The third-order valence-electron chi connectivity index (χ3n) is 9.91. The van der Waals surface area contributed by atoms with Crippen LogP contribution < -0.4 is 5.32 Å². The first-order valence-corrected chi connectivity index (χ1v) is 16.6. The summed E-state index contributed by atoms with van der Waals surface area (Å²) < 4.78 is 134. The van der Waals surface area contributed by atoms with E-state index in [0.29, 0.717) is 13.8 Å². The van der Waals surface area contributed by atoms with Crippen molar-refractivity contribution >= 4 is 23.7 Å². The standard InChI is InChI=1S/C33H50F9NO8/c1-9-28(7,26(47)51-30(10-2)12-11-22(15-30)29(8,48)33(40,41)42)14-21(25(46)50-18-27(5,6)43-17-31(34,35)36)13-19(3)24(45)49-16-23(44)20(4)32(37,38)39/h19-22,43,48H,9-18H2,1-8H3. The van der Waals surface area contributed by atoms with Crippen molar-refractivity contribution < 1.29 is 78.0 Å². The lowest BCUT2D eigenvalue weighted by atomic mass is 9.76. The Kier molecular flexibility index (Phi) is 15.5. The van der Waals surface area contributed by atoms with Gasteiger partial charge in [-0.3, -0.25) is 19.2 Å². The average Bonchev–Trinajstić information content (AvgIpc) is 3.44. The van der Waals surface area contributed by atoms with Crippen LogP contribution in [-0.4, -0.2) is 83.8 Å². The van der Waals surface area contributed by atoms with E-state index in [4.69, 9.17) is 14.2 Å². The van der Waals surface area contributed by atoms with Crippen molar-refractivity contribution in [3.63, 3.8) is 0 Å². The molecule has 0 spiro atoms. The molecular formula is C33H50F9NO8. The molecule has 1 fully saturated rings. The van der Waals surface area contributed by atoms with Crippen LogP contribution in [0.15, 0.2) is 0 Å². The molecule has 18 heteroatoms. The summed E-state index contributed by atoms with van der Waals surface area (Å²) in [5.74, 6) is -10.8. The summed E-state index contributed by atoms with van der Waals surface area (Å²) in [6.07, 6.45) is -15.5. The monoisotopic (exact) mass is 759 g/mol. The van der Waals surface area contributed by atoms with E-state index in [0.717, 1.165) is 0 Å². The Hall–Kier alpha value is -2.63. The van der Waals surface area contributed by atoms with Gasteiger partial charge >= 0.3 is 36.4 Å². The van der Waals surface area contributed by atoms with E-state index < -0.39 is 114 Å². The number of hydrogen-bond acceptors (Lipinski definition) is 9. The van der Waals surface area contributed by atoms with Gasteiger partial charge in [-0.05, 0) is 79.6 Å². The van der Waals surface area contributed by atoms with Crippen molar-refractivity contribution in [3.8, 4) is 0 Å². The third-order valence-corrected chi connectivity index (χ3v) is 9.91. The van der Waals surface area contributed by atoms with Crippen LogP contribution >= 0.6 is 0 Å². The van der Waals surface area contributed by atoms with Crippen molar-refractivity contribution in [1.29, 1.82) is 0 Å². The molecule has 1 aliphatic rings. The average molecular weight is 760 g/mol. The molecule has 0 amide bonds. The molecule has 0 radical (unpaired) electrons. The maximum Gasteiger partial charge on any atom is 0.417 e. The quantitative estimate of drug-likeness (QED) is 0.0861. The van der Waals surface area contributed by atoms with Gasteiger partial charge in [-0.1, -0.05) is 20.8 Å². The highest BCUT2D eigenvalue weighted by molar-refractivity contribution is 5.85. The van der Waals surface area contributed by atoms with Crippen LogP contribution in [-0.2, 0) is 33.4 Å². The van der Waals surface area contributed by atoms with Gasteiger partial charge in [-0.15, -0.1) is 0 Å². The highest BCUT2D eigenvalue weighted by Crippen LogP contribution is 2.50. The second-order valence-corrected chi connectivity index (χ2v) is 14.8. The maximum atomic E-state index is 13.8. The van der Waals surface area contributed by atoms with Gasteiger partial charge in [0.1, 0.15) is 18.1 Å². The van der Waals surface area contributed by atoms with Crippen molar-refractivity contribution in [1.82, 2.24) is 5.32 Å². The van der Waals surface area contributed by atoms with Crippen LogP contribution in [0.25, 0.3) is 0 Å². The number of carbonyl (C=O) groups is 4. The number of hydrogen-bond donors (Lipinski definition) is 2. The van der Waals surface area contributed by atoms with Crippen molar-refractivity contribution in [2.75, 3.05) is 19.8 Å². The number of esters is 3. The van der Waals surface area contributed by atoms with E-state index >= 15 is 0 Å². The van der Waals surface area contributed by atoms with Crippen molar-refractivity contribution in [3.05, 3.63) is 0 Å². The van der Waals surface area contributed by atoms with Crippen molar-refractivity contribution in [2.45, 2.75) is 136 Å². The molecule has 0 aliphatic heterocycles. The lowest BCUT2D eigenvalue weighted by Crippen LogP contribution is -2.49. The molecule has 0 aromatic heterocycles. The Morgan fingerprint density at radius 1 is 0.902 bits per heavy atom. The Morgan fingerprint density at radius 3 is 1.94 bits per heavy atom. The first kappa shape index (κ1) is 46.4. The summed E-state index contributed by atoms with van der Waals surface area (Å²) in [6.45, 7) is 6.49. The Labute approximate surface area is 291 Å². The second kappa shape index (κ2) is 17.0. The first-order chi connectivity index (χ1) is 22.9. The van der Waals surface area contributed by atoms with Crippen LogP contribution in [0.2, 0.25) is 0 Å². The smallest absolute Gasteiger partial charge is 0.417 e. The number of ketones is 1. The molecule has 0 bridgehead atoms. The van der Waals surface area contributed by atoms with Gasteiger partial charge in [0.2, 0.25) is 0 Å². The summed E-state index contributed by atoms with van der Waals surface area (Å²) in [6, 6.07) is 0. The van der Waals surface area contributed by atoms with Crippen molar-refractivity contribution in [2.24, 2.45) is 29.1 Å². The summed E-state index contributed by atoms with van der Waals surface area (Å²) in [5.41, 5.74) is -7.37. The number of halogens is 9. The zero-order valence-electron chi connectivity index (χ0n) is 30.1. The minimum absolute atomic E-state index is 0.000391. The lowest BCUT2D eigenvalue weighted by molar-refractivity contribution is -0.272. The van der Waals surface area contributed by atoms with E-state index in [2.05, 4.69) is 5.32 Å². The minimum Gasteiger partial charge on any atom is -0.464 e. The Morgan fingerprint density at radius 2 is 1.47 bits per heavy atom. The summed E-state index contributed by atoms with van der Waals surface area (Å²) in [5, 5.41) is 12.5. The first-order valence-electron chi connectivity index (χ1n) is 16.6. The number of nitrogens with one attached hydrogen (secondary N) is 1. The van der Waals surface area contributed by atoms with E-state index in [1.165, 1.54) is 27.7 Å². The predicted molar refractivity (Wildman–Crippen MR) is 164 cm³/mol. The number of rotatable bonds is 18. The van der Waals surface area contributed by atoms with Gasteiger partial charge in [0.05, 0.1) is 23.8 Å². The molecule has 1 saturated carbocycles. The van der Waals surface area contributed by atoms with E-state index in [1.54, 1.807) is 13.8 Å². The molecule has 0 saturated heterocycles. The number of alkyl halides is 9. The van der Waals surface area contributed by atoms with Crippen LogP contribution in [0.5, 0.6) is 0 Å². The highest BCUT2D eigenvalue weighted by Gasteiger charge is 2.59.